The highest BCUT2D eigenvalue weighted by molar-refractivity contribution is 7.89. The minimum absolute atomic E-state index is 0.0504. The molecule has 0 unspecified atom stereocenters. The number of carbonyl (C=O) groups excluding carboxylic acids is 2. The zero-order valence-electron chi connectivity index (χ0n) is 16.4. The first kappa shape index (κ1) is 23.1. The lowest BCUT2D eigenvalue weighted by Crippen LogP contribution is -2.51. The van der Waals surface area contributed by atoms with Crippen molar-refractivity contribution in [1.82, 2.24) is 9.62 Å². The molecule has 0 bridgehead atoms. The molecule has 1 saturated carbocycles. The average Bonchev–Trinajstić information content (AvgIpc) is 2.71. The summed E-state index contributed by atoms with van der Waals surface area (Å²) in [5.41, 5.74) is -0.885. The van der Waals surface area contributed by atoms with Crippen LogP contribution in [0.3, 0.4) is 0 Å². The number of amides is 1. The van der Waals surface area contributed by atoms with Crippen molar-refractivity contribution in [2.24, 2.45) is 0 Å². The molecule has 1 atom stereocenters. The van der Waals surface area contributed by atoms with Gasteiger partial charge in [0.05, 0.1) is 11.0 Å². The number of sulfonamides is 1. The number of halogens is 1. The van der Waals surface area contributed by atoms with Crippen LogP contribution in [0, 0.1) is 11.3 Å². The summed E-state index contributed by atoms with van der Waals surface area (Å²) in [6.45, 7) is 0.758. The van der Waals surface area contributed by atoms with Crippen LogP contribution in [0.2, 0.25) is 5.02 Å². The van der Waals surface area contributed by atoms with E-state index in [1.807, 2.05) is 0 Å². The Bertz CT molecular complexity index is 889. The molecule has 158 valence electrons. The van der Waals surface area contributed by atoms with Gasteiger partial charge in [-0.25, -0.2) is 8.42 Å². The largest absolute Gasteiger partial charge is 0.454 e. The summed E-state index contributed by atoms with van der Waals surface area (Å²) in [5.74, 6) is -1.39. The lowest BCUT2D eigenvalue weighted by Gasteiger charge is -2.38. The molecule has 1 aliphatic rings. The highest BCUT2D eigenvalue weighted by Gasteiger charge is 2.39. The summed E-state index contributed by atoms with van der Waals surface area (Å²) < 4.78 is 31.8. The van der Waals surface area contributed by atoms with Crippen molar-refractivity contribution < 1.29 is 22.7 Å². The SMILES string of the molecule is C[C@H](NS(=O)(=O)c1ccc(Cl)cc1)C(=O)OCC(=O)N(C)C1(C#N)CCCCC1. The maximum atomic E-state index is 12.4. The van der Waals surface area contributed by atoms with E-state index in [2.05, 4.69) is 10.8 Å². The molecule has 10 heteroatoms. The second kappa shape index (κ2) is 9.57. The fraction of sp³-hybridized carbons (Fsp3) is 0.526. The minimum Gasteiger partial charge on any atom is -0.454 e. The number of benzene rings is 1. The molecule has 8 nitrogen and oxygen atoms in total. The van der Waals surface area contributed by atoms with E-state index in [0.29, 0.717) is 17.9 Å². The molecule has 0 spiro atoms. The van der Waals surface area contributed by atoms with Gasteiger partial charge in [0.25, 0.3) is 5.91 Å². The fourth-order valence-electron chi connectivity index (χ4n) is 3.21. The van der Waals surface area contributed by atoms with Crippen LogP contribution in [0.1, 0.15) is 39.0 Å². The Morgan fingerprint density at radius 1 is 1.28 bits per heavy atom. The van der Waals surface area contributed by atoms with Gasteiger partial charge in [-0.15, -0.1) is 0 Å². The van der Waals surface area contributed by atoms with Crippen molar-refractivity contribution >= 4 is 33.5 Å². The maximum absolute atomic E-state index is 12.4. The van der Waals surface area contributed by atoms with Gasteiger partial charge >= 0.3 is 5.97 Å². The number of hydrogen-bond donors (Lipinski definition) is 1. The first-order valence-electron chi connectivity index (χ1n) is 9.24. The molecule has 1 aromatic rings. The zero-order valence-corrected chi connectivity index (χ0v) is 17.9. The molecular formula is C19H24ClN3O5S. The molecule has 0 radical (unpaired) electrons. The van der Waals surface area contributed by atoms with E-state index < -0.39 is 40.1 Å². The smallest absolute Gasteiger partial charge is 0.324 e. The van der Waals surface area contributed by atoms with Crippen molar-refractivity contribution in [3.63, 3.8) is 0 Å². The number of hydrogen-bond acceptors (Lipinski definition) is 6. The summed E-state index contributed by atoms with van der Waals surface area (Å²) in [5, 5.41) is 9.92. The van der Waals surface area contributed by atoms with Crippen molar-refractivity contribution in [1.29, 1.82) is 5.26 Å². The topological polar surface area (TPSA) is 117 Å². The second-order valence-corrected chi connectivity index (χ2v) is 9.21. The normalized spacial score (nSPS) is 17.0. The second-order valence-electron chi connectivity index (χ2n) is 7.06. The molecule has 1 N–H and O–H groups in total. The van der Waals surface area contributed by atoms with E-state index in [4.69, 9.17) is 16.3 Å². The number of nitriles is 1. The van der Waals surface area contributed by atoms with Crippen LogP contribution in [-0.2, 0) is 24.3 Å². The Kier molecular flexibility index (Phi) is 7.63. The highest BCUT2D eigenvalue weighted by Crippen LogP contribution is 2.32. The van der Waals surface area contributed by atoms with Crippen LogP contribution in [0.4, 0.5) is 0 Å². The summed E-state index contributed by atoms with van der Waals surface area (Å²) in [6.07, 6.45) is 3.89. The Morgan fingerprint density at radius 2 is 1.86 bits per heavy atom. The molecule has 2 rings (SSSR count). The first-order chi connectivity index (χ1) is 13.6. The third kappa shape index (κ3) is 5.69. The Labute approximate surface area is 175 Å². The van der Waals surface area contributed by atoms with Gasteiger partial charge in [0, 0.05) is 12.1 Å². The Morgan fingerprint density at radius 3 is 2.41 bits per heavy atom. The van der Waals surface area contributed by atoms with Crippen LogP contribution in [0.5, 0.6) is 0 Å². The van der Waals surface area contributed by atoms with Gasteiger partial charge in [0.2, 0.25) is 10.0 Å². The van der Waals surface area contributed by atoms with E-state index in [1.54, 1.807) is 0 Å². The van der Waals surface area contributed by atoms with Gasteiger partial charge in [0.1, 0.15) is 11.6 Å². The standard InChI is InChI=1S/C19H24ClN3O5S/c1-14(22-29(26,27)16-8-6-15(20)7-9-16)18(25)28-12-17(24)23(2)19(13-21)10-4-3-5-11-19/h6-9,14,22H,3-5,10-12H2,1-2H3/t14-/m0/s1. The van der Waals surface area contributed by atoms with Crippen LogP contribution in [0.25, 0.3) is 0 Å². The third-order valence-electron chi connectivity index (χ3n) is 5.05. The fourth-order valence-corrected chi connectivity index (χ4v) is 4.53. The van der Waals surface area contributed by atoms with Gasteiger partial charge in [-0.05, 0) is 44.0 Å². The van der Waals surface area contributed by atoms with E-state index in [-0.39, 0.29) is 4.90 Å². The van der Waals surface area contributed by atoms with Crippen molar-refractivity contribution in [3.05, 3.63) is 29.3 Å². The van der Waals surface area contributed by atoms with Crippen molar-refractivity contribution in [2.45, 2.75) is 55.5 Å². The van der Waals surface area contributed by atoms with Gasteiger partial charge in [0.15, 0.2) is 6.61 Å². The number of esters is 1. The molecule has 1 aromatic carbocycles. The predicted octanol–water partition coefficient (Wildman–Crippen LogP) is 2.23. The number of rotatable bonds is 7. The van der Waals surface area contributed by atoms with Crippen molar-refractivity contribution in [2.75, 3.05) is 13.7 Å². The van der Waals surface area contributed by atoms with Gasteiger partial charge in [-0.1, -0.05) is 30.9 Å². The van der Waals surface area contributed by atoms with Crippen molar-refractivity contribution in [3.8, 4) is 6.07 Å². The minimum atomic E-state index is -3.95. The summed E-state index contributed by atoms with van der Waals surface area (Å²) in [4.78, 5) is 25.9. The summed E-state index contributed by atoms with van der Waals surface area (Å²) in [7, 11) is -2.43. The van der Waals surface area contributed by atoms with Crippen LogP contribution in [0.15, 0.2) is 29.2 Å². The molecule has 0 heterocycles. The van der Waals surface area contributed by atoms with E-state index in [0.717, 1.165) is 19.3 Å². The first-order valence-corrected chi connectivity index (χ1v) is 11.1. The number of ether oxygens (including phenoxy) is 1. The number of nitrogens with zero attached hydrogens (tertiary/aromatic N) is 2. The van der Waals surface area contributed by atoms with Gasteiger partial charge < -0.3 is 9.64 Å². The Balaban J connectivity index is 1.93. The third-order valence-corrected chi connectivity index (χ3v) is 6.86. The summed E-state index contributed by atoms with van der Waals surface area (Å²) >= 11 is 5.75. The quantitative estimate of drug-likeness (QED) is 0.648. The van der Waals surface area contributed by atoms with Gasteiger partial charge in [-0.2, -0.15) is 9.98 Å². The number of likely N-dealkylation sites (N-methyl/N-ethyl adjacent to an activating group) is 1. The molecule has 29 heavy (non-hydrogen) atoms. The molecular weight excluding hydrogens is 418 g/mol. The number of nitrogens with one attached hydrogen (secondary N) is 1. The van der Waals surface area contributed by atoms with E-state index >= 15 is 0 Å². The van der Waals surface area contributed by atoms with Crippen LogP contribution in [-0.4, -0.2) is 50.4 Å². The predicted molar refractivity (Wildman–Crippen MR) is 106 cm³/mol. The lowest BCUT2D eigenvalue weighted by molar-refractivity contribution is -0.154. The van der Waals surface area contributed by atoms with E-state index in [1.165, 1.54) is 43.1 Å². The average molecular weight is 442 g/mol. The maximum Gasteiger partial charge on any atom is 0.324 e. The molecule has 0 saturated heterocycles. The monoisotopic (exact) mass is 441 g/mol. The molecule has 0 aromatic heterocycles. The molecule has 1 amide bonds. The summed E-state index contributed by atoms with van der Waals surface area (Å²) in [6, 6.07) is 6.49. The van der Waals surface area contributed by atoms with E-state index in [9.17, 15) is 23.3 Å². The zero-order chi connectivity index (χ0) is 21.7. The molecule has 1 fully saturated rings. The Hall–Kier alpha value is -2.15. The van der Waals surface area contributed by atoms with Crippen LogP contribution >= 0.6 is 11.6 Å². The number of carbonyl (C=O) groups is 2. The van der Waals surface area contributed by atoms with Crippen LogP contribution < -0.4 is 4.72 Å². The highest BCUT2D eigenvalue weighted by atomic mass is 35.5. The molecule has 0 aliphatic heterocycles. The van der Waals surface area contributed by atoms with Gasteiger partial charge in [-0.3, -0.25) is 9.59 Å². The lowest BCUT2D eigenvalue weighted by atomic mass is 9.81. The molecule has 1 aliphatic carbocycles.